The molecule has 0 saturated carbocycles. The molecular formula is C39H50N4O6S. The summed E-state index contributed by atoms with van der Waals surface area (Å²) in [5, 5.41) is 6.05. The minimum atomic E-state index is -1.13. The molecule has 268 valence electrons. The monoisotopic (exact) mass is 702 g/mol. The van der Waals surface area contributed by atoms with Crippen LogP contribution in [0.5, 0.6) is 0 Å². The molecule has 10 nitrogen and oxygen atoms in total. The zero-order chi connectivity index (χ0) is 35.5. The number of aromatic nitrogens is 1. The predicted molar refractivity (Wildman–Crippen MR) is 197 cm³/mol. The average molecular weight is 703 g/mol. The second kappa shape index (κ2) is 15.7. The molecule has 2 aliphatic rings. The number of pyridine rings is 1. The van der Waals surface area contributed by atoms with Crippen LogP contribution < -0.4 is 16.2 Å². The summed E-state index contributed by atoms with van der Waals surface area (Å²) in [5.41, 5.74) is 0.246. The van der Waals surface area contributed by atoms with Crippen LogP contribution in [0.15, 0.2) is 77.7 Å². The number of esters is 1. The Hall–Kier alpha value is -4.38. The molecular weight excluding hydrogens is 653 g/mol. The van der Waals surface area contributed by atoms with Crippen LogP contribution in [-0.2, 0) is 31.6 Å². The van der Waals surface area contributed by atoms with Crippen LogP contribution in [0.2, 0.25) is 0 Å². The summed E-state index contributed by atoms with van der Waals surface area (Å²) < 4.78 is 7.07. The molecule has 11 heteroatoms. The van der Waals surface area contributed by atoms with E-state index in [2.05, 4.69) is 10.6 Å². The summed E-state index contributed by atoms with van der Waals surface area (Å²) in [6, 6.07) is 19.4. The summed E-state index contributed by atoms with van der Waals surface area (Å²) in [5.74, 6) is -1.87. The molecule has 1 saturated heterocycles. The molecule has 0 unspecified atom stereocenters. The van der Waals surface area contributed by atoms with Gasteiger partial charge in [0, 0.05) is 32.4 Å². The summed E-state index contributed by atoms with van der Waals surface area (Å²) in [7, 11) is 1.61. The highest BCUT2D eigenvalue weighted by molar-refractivity contribution is 7.59. The number of likely N-dealkylation sites (tertiary alicyclic amines) is 1. The van der Waals surface area contributed by atoms with Gasteiger partial charge in [0.1, 0.15) is 17.2 Å². The first kappa shape index (κ1) is 38.4. The SMILES string of the molecule is CC(C)[C@@H](NC(=O)[C@@]1(c2ccccc2)CC[C@H](C(=O)N2CCC(NC(=O)c3cccn(C)c3=O)CC2)c2ccccc21)C(=O)OC(C)(C)C.S. The van der Waals surface area contributed by atoms with E-state index < -0.39 is 34.9 Å². The number of fused-ring (bicyclic) bond motifs is 1. The Bertz CT molecular complexity index is 1760. The van der Waals surface area contributed by atoms with Gasteiger partial charge in [-0.15, -0.1) is 0 Å². The number of benzene rings is 2. The zero-order valence-corrected chi connectivity index (χ0v) is 30.8. The summed E-state index contributed by atoms with van der Waals surface area (Å²) in [6.45, 7) is 10.1. The Morgan fingerprint density at radius 1 is 0.900 bits per heavy atom. The predicted octanol–water partition coefficient (Wildman–Crippen LogP) is 4.57. The van der Waals surface area contributed by atoms with Gasteiger partial charge in [-0.25, -0.2) is 4.79 Å². The number of piperidine rings is 1. The summed E-state index contributed by atoms with van der Waals surface area (Å²) in [4.78, 5) is 69.2. The van der Waals surface area contributed by atoms with Crippen LogP contribution in [0, 0.1) is 5.92 Å². The first-order chi connectivity index (χ1) is 23.2. The number of amides is 3. The molecule has 2 aromatic carbocycles. The van der Waals surface area contributed by atoms with Crippen LogP contribution in [0.1, 0.15) is 93.3 Å². The van der Waals surface area contributed by atoms with E-state index in [0.29, 0.717) is 38.8 Å². The molecule has 3 aromatic rings. The number of nitrogens with one attached hydrogen (secondary N) is 2. The third-order valence-electron chi connectivity index (χ3n) is 9.68. The highest BCUT2D eigenvalue weighted by Crippen LogP contribution is 2.48. The van der Waals surface area contributed by atoms with E-state index >= 15 is 0 Å². The second-order valence-corrected chi connectivity index (χ2v) is 14.6. The molecule has 2 N–H and O–H groups in total. The molecule has 1 aliphatic carbocycles. The topological polar surface area (TPSA) is 127 Å². The van der Waals surface area contributed by atoms with Crippen molar-refractivity contribution in [2.45, 2.75) is 89.3 Å². The lowest BCUT2D eigenvalue weighted by Gasteiger charge is -2.43. The van der Waals surface area contributed by atoms with E-state index in [1.165, 1.54) is 10.6 Å². The Morgan fingerprint density at radius 2 is 1.54 bits per heavy atom. The first-order valence-electron chi connectivity index (χ1n) is 17.2. The number of ether oxygens (including phenoxy) is 1. The third-order valence-corrected chi connectivity index (χ3v) is 9.68. The lowest BCUT2D eigenvalue weighted by Crippen LogP contribution is -2.55. The van der Waals surface area contributed by atoms with Gasteiger partial charge in [0.2, 0.25) is 11.8 Å². The maximum Gasteiger partial charge on any atom is 0.329 e. The van der Waals surface area contributed by atoms with Gasteiger partial charge in [-0.1, -0.05) is 68.4 Å². The molecule has 0 bridgehead atoms. The van der Waals surface area contributed by atoms with Crippen LogP contribution >= 0.6 is 13.5 Å². The van der Waals surface area contributed by atoms with Gasteiger partial charge in [-0.05, 0) is 81.2 Å². The largest absolute Gasteiger partial charge is 0.458 e. The van der Waals surface area contributed by atoms with Crippen LogP contribution in [0.4, 0.5) is 0 Å². The molecule has 1 fully saturated rings. The minimum Gasteiger partial charge on any atom is -0.458 e. The van der Waals surface area contributed by atoms with Crippen molar-refractivity contribution >= 4 is 37.2 Å². The van der Waals surface area contributed by atoms with Gasteiger partial charge in [0.25, 0.3) is 11.5 Å². The smallest absolute Gasteiger partial charge is 0.329 e. The van der Waals surface area contributed by atoms with E-state index in [9.17, 15) is 24.0 Å². The lowest BCUT2D eigenvalue weighted by atomic mass is 9.62. The maximum absolute atomic E-state index is 14.6. The molecule has 1 aromatic heterocycles. The Balaban J connectivity index is 0.00000562. The van der Waals surface area contributed by atoms with E-state index in [-0.39, 0.29) is 48.4 Å². The molecule has 1 aliphatic heterocycles. The highest BCUT2D eigenvalue weighted by Gasteiger charge is 2.50. The molecule has 50 heavy (non-hydrogen) atoms. The molecule has 0 spiro atoms. The third kappa shape index (κ3) is 7.98. The van der Waals surface area contributed by atoms with E-state index in [1.54, 1.807) is 40.1 Å². The van der Waals surface area contributed by atoms with Crippen molar-refractivity contribution in [3.63, 3.8) is 0 Å². The summed E-state index contributed by atoms with van der Waals surface area (Å²) in [6.07, 6.45) is 3.54. The quantitative estimate of drug-likeness (QED) is 0.332. The number of carbonyl (C=O) groups excluding carboxylic acids is 4. The fourth-order valence-corrected chi connectivity index (χ4v) is 7.11. The number of rotatable bonds is 8. The Labute approximate surface area is 301 Å². The van der Waals surface area contributed by atoms with Crippen molar-refractivity contribution in [3.05, 3.63) is 106 Å². The van der Waals surface area contributed by atoms with Crippen molar-refractivity contribution < 1.29 is 23.9 Å². The van der Waals surface area contributed by atoms with Gasteiger partial charge in [-0.3, -0.25) is 19.2 Å². The van der Waals surface area contributed by atoms with Crippen LogP contribution in [-0.4, -0.2) is 63.9 Å². The maximum atomic E-state index is 14.6. The molecule has 0 radical (unpaired) electrons. The minimum absolute atomic E-state index is 0. The van der Waals surface area contributed by atoms with E-state index in [4.69, 9.17) is 4.74 Å². The normalized spacial score (nSPS) is 19.8. The van der Waals surface area contributed by atoms with Crippen molar-refractivity contribution in [2.75, 3.05) is 13.1 Å². The zero-order valence-electron chi connectivity index (χ0n) is 29.8. The lowest BCUT2D eigenvalue weighted by molar-refractivity contribution is -0.160. The van der Waals surface area contributed by atoms with Crippen molar-refractivity contribution in [1.29, 1.82) is 0 Å². The average Bonchev–Trinajstić information content (AvgIpc) is 3.07. The van der Waals surface area contributed by atoms with Crippen molar-refractivity contribution in [3.8, 4) is 0 Å². The Morgan fingerprint density at radius 3 is 2.18 bits per heavy atom. The van der Waals surface area contributed by atoms with Gasteiger partial charge >= 0.3 is 5.97 Å². The fourth-order valence-electron chi connectivity index (χ4n) is 7.11. The Kier molecular flexibility index (Phi) is 12.0. The van der Waals surface area contributed by atoms with Gasteiger partial charge in [0.15, 0.2) is 0 Å². The van der Waals surface area contributed by atoms with Gasteiger partial charge < -0.3 is 24.8 Å². The molecule has 3 atom stereocenters. The van der Waals surface area contributed by atoms with Crippen LogP contribution in [0.3, 0.4) is 0 Å². The van der Waals surface area contributed by atoms with E-state index in [1.807, 2.05) is 73.3 Å². The number of carbonyl (C=O) groups is 4. The number of hydrogen-bond acceptors (Lipinski definition) is 6. The van der Waals surface area contributed by atoms with Gasteiger partial charge in [-0.2, -0.15) is 13.5 Å². The van der Waals surface area contributed by atoms with E-state index in [0.717, 1.165) is 16.7 Å². The van der Waals surface area contributed by atoms with Crippen molar-refractivity contribution in [1.82, 2.24) is 20.1 Å². The number of hydrogen-bond donors (Lipinski definition) is 2. The fraction of sp³-hybridized carbons (Fsp3) is 0.462. The standard InChI is InChI=1S/C39H48N4O6.H2S/c1-25(2)32(36(47)49-38(3,4)5)41-37(48)39(26-13-8-7-9-14-26)21-18-29(28-15-10-11-17-31(28)39)35(46)43-23-19-27(20-24-43)40-33(44)30-16-12-22-42(6)34(30)45;/h7-17,22,25,27,29,32H,18-21,23-24H2,1-6H3,(H,40,44)(H,41,48);1H2/t29-,32+,39+;/m0./s1. The number of aryl methyl sites for hydroxylation is 1. The van der Waals surface area contributed by atoms with Crippen LogP contribution in [0.25, 0.3) is 0 Å². The molecule has 5 rings (SSSR count). The van der Waals surface area contributed by atoms with Crippen molar-refractivity contribution in [2.24, 2.45) is 13.0 Å². The molecule has 2 heterocycles. The first-order valence-corrected chi connectivity index (χ1v) is 17.2. The summed E-state index contributed by atoms with van der Waals surface area (Å²) >= 11 is 0. The highest BCUT2D eigenvalue weighted by atomic mass is 32.1. The molecule has 3 amide bonds. The number of nitrogens with zero attached hydrogens (tertiary/aromatic N) is 2. The second-order valence-electron chi connectivity index (χ2n) is 14.6. The van der Waals surface area contributed by atoms with Gasteiger partial charge in [0.05, 0.1) is 11.3 Å².